The standard InChI is InChI=1S/C16H22N4O2/c1-16(2,3)22-15(21)20-9-5-4-6-12(20)11-10-19-14-13(11)17-7-8-18-14/h7-8,10,12H,4-6,9H2,1-3H3,(H,18,19). The van der Waals surface area contributed by atoms with Crippen LogP contribution in [0, 0.1) is 0 Å². The second-order valence-electron chi connectivity index (χ2n) is 6.68. The van der Waals surface area contributed by atoms with Crippen LogP contribution < -0.4 is 0 Å². The summed E-state index contributed by atoms with van der Waals surface area (Å²) in [4.78, 5) is 26.2. The molecule has 1 fully saturated rings. The van der Waals surface area contributed by atoms with E-state index in [0.717, 1.165) is 36.0 Å². The summed E-state index contributed by atoms with van der Waals surface area (Å²) >= 11 is 0. The molecule has 1 aliphatic heterocycles. The summed E-state index contributed by atoms with van der Waals surface area (Å²) in [5.74, 6) is 0. The van der Waals surface area contributed by atoms with Gasteiger partial charge in [0, 0.05) is 30.7 Å². The molecule has 1 aliphatic rings. The van der Waals surface area contributed by atoms with Crippen LogP contribution in [-0.4, -0.2) is 38.1 Å². The Balaban J connectivity index is 1.91. The molecule has 0 bridgehead atoms. The molecular formula is C16H22N4O2. The Hall–Kier alpha value is -2.11. The fraction of sp³-hybridized carbons (Fsp3) is 0.562. The summed E-state index contributed by atoms with van der Waals surface area (Å²) in [6.07, 6.45) is 8.02. The largest absolute Gasteiger partial charge is 0.444 e. The molecule has 3 heterocycles. The average Bonchev–Trinajstić information content (AvgIpc) is 2.89. The Kier molecular flexibility index (Phi) is 3.76. The van der Waals surface area contributed by atoms with Gasteiger partial charge in [-0.1, -0.05) is 0 Å². The minimum Gasteiger partial charge on any atom is -0.444 e. The predicted octanol–water partition coefficient (Wildman–Crippen LogP) is 3.42. The summed E-state index contributed by atoms with van der Waals surface area (Å²) in [5, 5.41) is 0. The van der Waals surface area contributed by atoms with E-state index < -0.39 is 5.60 Å². The molecule has 1 saturated heterocycles. The molecule has 2 aromatic rings. The Morgan fingerprint density at radius 1 is 1.32 bits per heavy atom. The number of aromatic nitrogens is 3. The van der Waals surface area contributed by atoms with Crippen molar-refractivity contribution in [1.82, 2.24) is 19.9 Å². The maximum atomic E-state index is 12.5. The number of nitrogens with zero attached hydrogens (tertiary/aromatic N) is 3. The Bertz CT molecular complexity index is 674. The minimum absolute atomic E-state index is 0.00551. The van der Waals surface area contributed by atoms with Gasteiger partial charge in [0.2, 0.25) is 0 Å². The van der Waals surface area contributed by atoms with Crippen molar-refractivity contribution in [3.63, 3.8) is 0 Å². The molecular weight excluding hydrogens is 280 g/mol. The van der Waals surface area contributed by atoms with Gasteiger partial charge in [0.15, 0.2) is 5.65 Å². The van der Waals surface area contributed by atoms with Gasteiger partial charge in [0.05, 0.1) is 6.04 Å². The van der Waals surface area contributed by atoms with Gasteiger partial charge in [-0.3, -0.25) is 4.98 Å². The SMILES string of the molecule is CC(C)(C)OC(=O)N1CCCCC1c1c[nH]c2nccnc12. The molecule has 2 aromatic heterocycles. The number of carbonyl (C=O) groups is 1. The van der Waals surface area contributed by atoms with Crippen LogP contribution in [0.5, 0.6) is 0 Å². The molecule has 0 saturated carbocycles. The van der Waals surface area contributed by atoms with E-state index in [0.29, 0.717) is 6.54 Å². The topological polar surface area (TPSA) is 71.1 Å². The van der Waals surface area contributed by atoms with Gasteiger partial charge < -0.3 is 14.6 Å². The average molecular weight is 302 g/mol. The van der Waals surface area contributed by atoms with Gasteiger partial charge >= 0.3 is 6.09 Å². The molecule has 3 rings (SSSR count). The van der Waals surface area contributed by atoms with Gasteiger partial charge in [-0.2, -0.15) is 0 Å². The number of aromatic amines is 1. The van der Waals surface area contributed by atoms with Crippen molar-refractivity contribution in [3.05, 3.63) is 24.2 Å². The lowest BCUT2D eigenvalue weighted by Gasteiger charge is -2.36. The summed E-state index contributed by atoms with van der Waals surface area (Å²) in [6, 6.07) is -0.00551. The second-order valence-corrected chi connectivity index (χ2v) is 6.68. The maximum Gasteiger partial charge on any atom is 0.410 e. The van der Waals surface area contributed by atoms with E-state index in [1.54, 1.807) is 12.4 Å². The Morgan fingerprint density at radius 2 is 2.09 bits per heavy atom. The van der Waals surface area contributed by atoms with Gasteiger partial charge in [0.1, 0.15) is 11.1 Å². The molecule has 6 heteroatoms. The molecule has 1 unspecified atom stereocenters. The highest BCUT2D eigenvalue weighted by Gasteiger charge is 2.33. The lowest BCUT2D eigenvalue weighted by Crippen LogP contribution is -2.41. The van der Waals surface area contributed by atoms with Crippen LogP contribution in [0.3, 0.4) is 0 Å². The molecule has 0 aliphatic carbocycles. The molecule has 0 radical (unpaired) electrons. The van der Waals surface area contributed by atoms with E-state index >= 15 is 0 Å². The lowest BCUT2D eigenvalue weighted by molar-refractivity contribution is 0.00968. The monoisotopic (exact) mass is 302 g/mol. The predicted molar refractivity (Wildman–Crippen MR) is 83.4 cm³/mol. The Morgan fingerprint density at radius 3 is 2.86 bits per heavy atom. The fourth-order valence-corrected chi connectivity index (χ4v) is 2.92. The number of ether oxygens (including phenoxy) is 1. The van der Waals surface area contributed by atoms with Crippen molar-refractivity contribution in [2.45, 2.75) is 51.7 Å². The van der Waals surface area contributed by atoms with E-state index in [1.165, 1.54) is 0 Å². The van der Waals surface area contributed by atoms with Crippen molar-refractivity contribution in [2.24, 2.45) is 0 Å². The van der Waals surface area contributed by atoms with E-state index in [-0.39, 0.29) is 12.1 Å². The molecule has 0 spiro atoms. The highest BCUT2D eigenvalue weighted by atomic mass is 16.6. The number of amides is 1. The molecule has 1 N–H and O–H groups in total. The number of fused-ring (bicyclic) bond motifs is 1. The van der Waals surface area contributed by atoms with Crippen LogP contribution in [-0.2, 0) is 4.74 Å². The van der Waals surface area contributed by atoms with Crippen molar-refractivity contribution >= 4 is 17.3 Å². The number of H-pyrrole nitrogens is 1. The summed E-state index contributed by atoms with van der Waals surface area (Å²) < 4.78 is 5.56. The third-order valence-electron chi connectivity index (χ3n) is 3.83. The van der Waals surface area contributed by atoms with Gasteiger partial charge in [-0.25, -0.2) is 9.78 Å². The van der Waals surface area contributed by atoms with E-state index in [1.807, 2.05) is 31.9 Å². The zero-order valence-electron chi connectivity index (χ0n) is 13.3. The zero-order valence-corrected chi connectivity index (χ0v) is 13.3. The first-order chi connectivity index (χ1) is 10.5. The fourth-order valence-electron chi connectivity index (χ4n) is 2.92. The highest BCUT2D eigenvalue weighted by Crippen LogP contribution is 2.34. The van der Waals surface area contributed by atoms with E-state index in [9.17, 15) is 4.79 Å². The van der Waals surface area contributed by atoms with Crippen molar-refractivity contribution < 1.29 is 9.53 Å². The minimum atomic E-state index is -0.487. The van der Waals surface area contributed by atoms with E-state index in [2.05, 4.69) is 15.0 Å². The van der Waals surface area contributed by atoms with Crippen LogP contribution >= 0.6 is 0 Å². The normalized spacial score (nSPS) is 19.4. The Labute approximate surface area is 129 Å². The second kappa shape index (κ2) is 5.59. The molecule has 1 amide bonds. The van der Waals surface area contributed by atoms with Crippen LogP contribution in [0.2, 0.25) is 0 Å². The van der Waals surface area contributed by atoms with Crippen molar-refractivity contribution in [2.75, 3.05) is 6.54 Å². The number of hydrogen-bond acceptors (Lipinski definition) is 4. The van der Waals surface area contributed by atoms with Crippen LogP contribution in [0.25, 0.3) is 11.2 Å². The van der Waals surface area contributed by atoms with Gasteiger partial charge in [0.25, 0.3) is 0 Å². The molecule has 6 nitrogen and oxygen atoms in total. The van der Waals surface area contributed by atoms with Gasteiger partial charge in [-0.15, -0.1) is 0 Å². The molecule has 1 atom stereocenters. The number of rotatable bonds is 1. The summed E-state index contributed by atoms with van der Waals surface area (Å²) in [6.45, 7) is 6.38. The van der Waals surface area contributed by atoms with E-state index in [4.69, 9.17) is 4.74 Å². The summed E-state index contributed by atoms with van der Waals surface area (Å²) in [5.41, 5.74) is 2.13. The third kappa shape index (κ3) is 2.91. The first kappa shape index (κ1) is 14.8. The molecule has 118 valence electrons. The number of hydrogen-bond donors (Lipinski definition) is 1. The lowest BCUT2D eigenvalue weighted by atomic mass is 9.97. The van der Waals surface area contributed by atoms with Crippen LogP contribution in [0.1, 0.15) is 51.6 Å². The zero-order chi connectivity index (χ0) is 15.7. The number of nitrogens with one attached hydrogen (secondary N) is 1. The third-order valence-corrected chi connectivity index (χ3v) is 3.83. The van der Waals surface area contributed by atoms with Gasteiger partial charge in [-0.05, 0) is 40.0 Å². The first-order valence-corrected chi connectivity index (χ1v) is 7.73. The smallest absolute Gasteiger partial charge is 0.410 e. The number of carbonyl (C=O) groups excluding carboxylic acids is 1. The summed E-state index contributed by atoms with van der Waals surface area (Å²) in [7, 11) is 0. The first-order valence-electron chi connectivity index (χ1n) is 7.73. The quantitative estimate of drug-likeness (QED) is 0.876. The highest BCUT2D eigenvalue weighted by molar-refractivity contribution is 5.77. The van der Waals surface area contributed by atoms with Crippen LogP contribution in [0.4, 0.5) is 4.79 Å². The molecule has 22 heavy (non-hydrogen) atoms. The van der Waals surface area contributed by atoms with Crippen LogP contribution in [0.15, 0.2) is 18.6 Å². The number of piperidine rings is 1. The van der Waals surface area contributed by atoms with Crippen molar-refractivity contribution in [1.29, 1.82) is 0 Å². The molecule has 0 aromatic carbocycles. The number of likely N-dealkylation sites (tertiary alicyclic amines) is 1. The maximum absolute atomic E-state index is 12.5. The van der Waals surface area contributed by atoms with Crippen molar-refractivity contribution in [3.8, 4) is 0 Å².